The van der Waals surface area contributed by atoms with Crippen LogP contribution in [0.4, 0.5) is 0 Å². The second-order valence-corrected chi connectivity index (χ2v) is 7.30. The number of hydrogen-bond acceptors (Lipinski definition) is 3. The number of halogens is 2. The van der Waals surface area contributed by atoms with E-state index in [9.17, 15) is 0 Å². The first kappa shape index (κ1) is 20.5. The van der Waals surface area contributed by atoms with Gasteiger partial charge in [0.25, 0.3) is 0 Å². The van der Waals surface area contributed by atoms with Crippen molar-refractivity contribution in [1.29, 1.82) is 0 Å². The van der Waals surface area contributed by atoms with Crippen molar-refractivity contribution in [2.75, 3.05) is 7.11 Å². The summed E-state index contributed by atoms with van der Waals surface area (Å²) >= 11 is 12.7. The third-order valence-electron chi connectivity index (χ3n) is 4.57. The van der Waals surface area contributed by atoms with Gasteiger partial charge in [0.2, 0.25) is 0 Å². The first-order valence-electron chi connectivity index (χ1n) is 9.09. The summed E-state index contributed by atoms with van der Waals surface area (Å²) in [5.41, 5.74) is 3.08. The van der Waals surface area contributed by atoms with E-state index in [2.05, 4.69) is 24.4 Å². The first-order valence-corrected chi connectivity index (χ1v) is 9.85. The Kier molecular flexibility index (Phi) is 7.21. The van der Waals surface area contributed by atoms with E-state index >= 15 is 0 Å². The van der Waals surface area contributed by atoms with Crippen LogP contribution in [0.5, 0.6) is 11.5 Å². The van der Waals surface area contributed by atoms with Gasteiger partial charge in [0.15, 0.2) is 11.5 Å². The van der Waals surface area contributed by atoms with Crippen molar-refractivity contribution < 1.29 is 9.47 Å². The Bertz CT molecular complexity index is 916. The predicted octanol–water partition coefficient (Wildman–Crippen LogP) is 6.43. The highest BCUT2D eigenvalue weighted by Gasteiger charge is 2.13. The molecule has 0 saturated heterocycles. The summed E-state index contributed by atoms with van der Waals surface area (Å²) in [6, 6.07) is 21.8. The molecule has 146 valence electrons. The average Bonchev–Trinajstić information content (AvgIpc) is 2.72. The van der Waals surface area contributed by atoms with Gasteiger partial charge in [-0.25, -0.2) is 0 Å². The van der Waals surface area contributed by atoms with E-state index in [1.54, 1.807) is 13.2 Å². The maximum absolute atomic E-state index is 6.50. The van der Waals surface area contributed by atoms with E-state index in [4.69, 9.17) is 32.7 Å². The van der Waals surface area contributed by atoms with E-state index < -0.39 is 0 Å². The molecule has 1 unspecified atom stereocenters. The van der Waals surface area contributed by atoms with Gasteiger partial charge in [-0.2, -0.15) is 0 Å². The molecule has 0 saturated carbocycles. The van der Waals surface area contributed by atoms with Crippen molar-refractivity contribution in [3.8, 4) is 11.5 Å². The van der Waals surface area contributed by atoms with Crippen molar-refractivity contribution in [3.63, 3.8) is 0 Å². The molecule has 0 radical (unpaired) electrons. The van der Waals surface area contributed by atoms with E-state index in [0.717, 1.165) is 11.1 Å². The van der Waals surface area contributed by atoms with Crippen LogP contribution in [-0.2, 0) is 13.2 Å². The Labute approximate surface area is 176 Å². The van der Waals surface area contributed by atoms with E-state index in [0.29, 0.717) is 34.7 Å². The lowest BCUT2D eigenvalue weighted by atomic mass is 10.1. The van der Waals surface area contributed by atoms with Gasteiger partial charge in [-0.15, -0.1) is 0 Å². The molecule has 0 fully saturated rings. The Morgan fingerprint density at radius 3 is 2.29 bits per heavy atom. The lowest BCUT2D eigenvalue weighted by Crippen LogP contribution is -2.18. The molecule has 3 rings (SSSR count). The molecule has 5 heteroatoms. The minimum atomic E-state index is 0.208. The minimum Gasteiger partial charge on any atom is -0.493 e. The molecule has 0 aliphatic heterocycles. The van der Waals surface area contributed by atoms with Crippen LogP contribution < -0.4 is 14.8 Å². The maximum Gasteiger partial charge on any atom is 0.163 e. The summed E-state index contributed by atoms with van der Waals surface area (Å²) in [5, 5.41) is 4.79. The Morgan fingerprint density at radius 1 is 0.857 bits per heavy atom. The topological polar surface area (TPSA) is 30.5 Å². The van der Waals surface area contributed by atoms with Crippen molar-refractivity contribution in [1.82, 2.24) is 5.32 Å². The van der Waals surface area contributed by atoms with Crippen LogP contribution in [0.2, 0.25) is 10.0 Å². The van der Waals surface area contributed by atoms with Crippen LogP contribution in [0, 0.1) is 0 Å². The van der Waals surface area contributed by atoms with Gasteiger partial charge in [-0.1, -0.05) is 71.7 Å². The van der Waals surface area contributed by atoms with Crippen LogP contribution in [0.15, 0.2) is 66.7 Å². The molecule has 1 N–H and O–H groups in total. The quantitative estimate of drug-likeness (QED) is 0.459. The number of benzene rings is 3. The van der Waals surface area contributed by atoms with Crippen LogP contribution in [0.1, 0.15) is 29.7 Å². The summed E-state index contributed by atoms with van der Waals surface area (Å²) in [5.74, 6) is 1.23. The largest absolute Gasteiger partial charge is 0.493 e. The van der Waals surface area contributed by atoms with Gasteiger partial charge >= 0.3 is 0 Å². The zero-order valence-corrected chi connectivity index (χ0v) is 17.4. The van der Waals surface area contributed by atoms with Gasteiger partial charge in [-0.05, 0) is 30.2 Å². The average molecular weight is 416 g/mol. The van der Waals surface area contributed by atoms with Gasteiger partial charge in [0.05, 0.1) is 7.11 Å². The molecule has 3 aromatic rings. The fraction of sp³-hybridized carbons (Fsp3) is 0.217. The van der Waals surface area contributed by atoms with E-state index in [-0.39, 0.29) is 6.04 Å². The number of ether oxygens (including phenoxy) is 2. The number of methoxy groups -OCH3 is 1. The summed E-state index contributed by atoms with van der Waals surface area (Å²) in [7, 11) is 1.62. The minimum absolute atomic E-state index is 0.208. The SMILES string of the molecule is COc1cc(CNC(C)c2ccccc2)c(Cl)cc1OCc1ccccc1Cl. The van der Waals surface area contributed by atoms with Crippen molar-refractivity contribution in [2.24, 2.45) is 0 Å². The van der Waals surface area contributed by atoms with Crippen molar-refractivity contribution in [3.05, 3.63) is 93.5 Å². The van der Waals surface area contributed by atoms with Gasteiger partial charge < -0.3 is 14.8 Å². The molecule has 0 aromatic heterocycles. The molecule has 3 nitrogen and oxygen atoms in total. The second kappa shape index (κ2) is 9.83. The van der Waals surface area contributed by atoms with Crippen LogP contribution in [-0.4, -0.2) is 7.11 Å². The van der Waals surface area contributed by atoms with Crippen molar-refractivity contribution in [2.45, 2.75) is 26.1 Å². The normalized spacial score (nSPS) is 11.9. The van der Waals surface area contributed by atoms with E-state index in [1.165, 1.54) is 5.56 Å². The number of rotatable bonds is 8. The second-order valence-electron chi connectivity index (χ2n) is 6.49. The summed E-state index contributed by atoms with van der Waals surface area (Å²) < 4.78 is 11.4. The number of hydrogen-bond donors (Lipinski definition) is 1. The zero-order valence-electron chi connectivity index (χ0n) is 15.9. The van der Waals surface area contributed by atoms with Gasteiger partial charge in [0.1, 0.15) is 6.61 Å². The van der Waals surface area contributed by atoms with E-state index in [1.807, 2.05) is 48.5 Å². The fourth-order valence-electron chi connectivity index (χ4n) is 2.88. The highest BCUT2D eigenvalue weighted by Crippen LogP contribution is 2.34. The standard InChI is InChI=1S/C23H23Cl2NO2/c1-16(17-8-4-3-5-9-17)26-14-19-12-22(27-2)23(13-21(19)25)28-15-18-10-6-7-11-20(18)24/h3-13,16,26H,14-15H2,1-2H3. The predicted molar refractivity (Wildman–Crippen MR) is 115 cm³/mol. The first-order chi connectivity index (χ1) is 13.6. The lowest BCUT2D eigenvalue weighted by Gasteiger charge is -2.17. The van der Waals surface area contributed by atoms with Crippen molar-refractivity contribution >= 4 is 23.2 Å². The molecule has 0 aliphatic rings. The molecule has 0 bridgehead atoms. The molecule has 3 aromatic carbocycles. The maximum atomic E-state index is 6.50. The Hall–Kier alpha value is -2.20. The molecule has 0 amide bonds. The zero-order chi connectivity index (χ0) is 19.9. The summed E-state index contributed by atoms with van der Waals surface area (Å²) in [6.45, 7) is 3.09. The molecule has 1 atom stereocenters. The monoisotopic (exact) mass is 415 g/mol. The molecule has 0 spiro atoms. The molecule has 28 heavy (non-hydrogen) atoms. The Balaban J connectivity index is 1.69. The molecular weight excluding hydrogens is 393 g/mol. The fourth-order valence-corrected chi connectivity index (χ4v) is 3.29. The smallest absolute Gasteiger partial charge is 0.163 e. The molecular formula is C23H23Cl2NO2. The summed E-state index contributed by atoms with van der Waals surface area (Å²) in [4.78, 5) is 0. The summed E-state index contributed by atoms with van der Waals surface area (Å²) in [6.07, 6.45) is 0. The van der Waals surface area contributed by atoms with Gasteiger partial charge in [0, 0.05) is 34.3 Å². The van der Waals surface area contributed by atoms with Crippen LogP contribution in [0.3, 0.4) is 0 Å². The number of nitrogens with one attached hydrogen (secondary N) is 1. The highest BCUT2D eigenvalue weighted by molar-refractivity contribution is 6.31. The third-order valence-corrected chi connectivity index (χ3v) is 5.29. The molecule has 0 heterocycles. The lowest BCUT2D eigenvalue weighted by molar-refractivity contribution is 0.284. The molecule has 0 aliphatic carbocycles. The van der Waals surface area contributed by atoms with Crippen LogP contribution >= 0.6 is 23.2 Å². The highest BCUT2D eigenvalue weighted by atomic mass is 35.5. The third kappa shape index (κ3) is 5.20. The van der Waals surface area contributed by atoms with Crippen LogP contribution in [0.25, 0.3) is 0 Å². The van der Waals surface area contributed by atoms with Gasteiger partial charge in [-0.3, -0.25) is 0 Å². The Morgan fingerprint density at radius 2 is 1.57 bits per heavy atom.